The smallest absolute Gasteiger partial charge is 0.391 e. The zero-order chi connectivity index (χ0) is 24.4. The van der Waals surface area contributed by atoms with Gasteiger partial charge in [-0.1, -0.05) is 67.2 Å². The minimum atomic E-state index is -4.48. The lowest BCUT2D eigenvalue weighted by molar-refractivity contribution is -0.137. The van der Waals surface area contributed by atoms with Gasteiger partial charge in [0.2, 0.25) is 0 Å². The fourth-order valence-electron chi connectivity index (χ4n) is 3.81. The summed E-state index contributed by atoms with van der Waals surface area (Å²) in [4.78, 5) is 5.40. The molecule has 0 bridgehead atoms. The van der Waals surface area contributed by atoms with Crippen molar-refractivity contribution in [3.8, 4) is 0 Å². The Labute approximate surface area is 198 Å². The highest BCUT2D eigenvalue weighted by atomic mass is 35.5. The summed E-state index contributed by atoms with van der Waals surface area (Å²) in [5, 5.41) is 4.22. The van der Waals surface area contributed by atoms with Crippen LogP contribution in [0.4, 0.5) is 13.2 Å². The van der Waals surface area contributed by atoms with E-state index in [2.05, 4.69) is 17.3 Å². The second-order valence-corrected chi connectivity index (χ2v) is 8.57. The van der Waals surface area contributed by atoms with Gasteiger partial charge in [0.25, 0.3) is 0 Å². The SMILES string of the molecule is CC/C(=N\OCc1ccc(C2CCCCC2)cc1)c1cc(Cl)ccc1C(F)(F)F.N=S(=O)=O. The van der Waals surface area contributed by atoms with Crippen LogP contribution in [-0.2, 0) is 28.1 Å². The van der Waals surface area contributed by atoms with Crippen LogP contribution in [0.3, 0.4) is 0 Å². The molecule has 0 spiro atoms. The van der Waals surface area contributed by atoms with Gasteiger partial charge < -0.3 is 4.84 Å². The summed E-state index contributed by atoms with van der Waals surface area (Å²) in [7, 11) is -2.61. The van der Waals surface area contributed by atoms with Crippen molar-refractivity contribution in [1.82, 2.24) is 0 Å². The van der Waals surface area contributed by atoms with Crippen molar-refractivity contribution >= 4 is 27.8 Å². The van der Waals surface area contributed by atoms with Gasteiger partial charge in [0.05, 0.1) is 11.3 Å². The lowest BCUT2D eigenvalue weighted by atomic mass is 9.84. The average molecular weight is 503 g/mol. The highest BCUT2D eigenvalue weighted by Crippen LogP contribution is 2.34. The van der Waals surface area contributed by atoms with E-state index in [1.807, 2.05) is 12.1 Å². The van der Waals surface area contributed by atoms with E-state index in [0.717, 1.165) is 11.6 Å². The third kappa shape index (κ3) is 8.81. The molecular formula is C23H26ClF3N2O3S. The maximum atomic E-state index is 13.3. The second kappa shape index (κ2) is 12.7. The molecule has 1 aliphatic carbocycles. The van der Waals surface area contributed by atoms with Gasteiger partial charge >= 0.3 is 16.7 Å². The molecule has 1 saturated carbocycles. The Morgan fingerprint density at radius 1 is 1.12 bits per heavy atom. The molecule has 0 atom stereocenters. The molecule has 0 aromatic heterocycles. The Balaban J connectivity index is 0.000000890. The van der Waals surface area contributed by atoms with Gasteiger partial charge in [-0.2, -0.15) is 26.4 Å². The molecule has 0 saturated heterocycles. The standard InChI is InChI=1S/C23H25ClF3NO.HNO2S/c1-2-22(20-14-19(24)12-13-21(20)23(25,26)27)28-29-15-16-8-10-18(11-9-16)17-6-4-3-5-7-17;1-4(2)3/h8-14,17H,2-7,15H2,1H3;1H/b28-22+;. The molecule has 0 heterocycles. The minimum absolute atomic E-state index is 0.0415. The van der Waals surface area contributed by atoms with E-state index < -0.39 is 22.2 Å². The third-order valence-corrected chi connectivity index (χ3v) is 5.63. The zero-order valence-electron chi connectivity index (χ0n) is 18.2. The Morgan fingerprint density at radius 2 is 1.73 bits per heavy atom. The van der Waals surface area contributed by atoms with Crippen LogP contribution in [0, 0.1) is 4.78 Å². The Kier molecular flexibility index (Phi) is 10.4. The summed E-state index contributed by atoms with van der Waals surface area (Å²) in [6, 6.07) is 11.8. The van der Waals surface area contributed by atoms with Crippen LogP contribution in [-0.4, -0.2) is 14.1 Å². The number of alkyl halides is 3. The van der Waals surface area contributed by atoms with E-state index in [1.165, 1.54) is 49.8 Å². The van der Waals surface area contributed by atoms with E-state index in [-0.39, 0.29) is 22.9 Å². The van der Waals surface area contributed by atoms with Gasteiger partial charge in [-0.25, -0.2) is 0 Å². The van der Waals surface area contributed by atoms with Crippen LogP contribution < -0.4 is 0 Å². The summed E-state index contributed by atoms with van der Waals surface area (Å²) in [6.07, 6.45) is 2.18. The maximum Gasteiger partial charge on any atom is 0.417 e. The molecule has 1 N–H and O–H groups in total. The van der Waals surface area contributed by atoms with Crippen LogP contribution in [0.25, 0.3) is 0 Å². The van der Waals surface area contributed by atoms with Gasteiger partial charge in [0.15, 0.2) is 0 Å². The predicted molar refractivity (Wildman–Crippen MR) is 122 cm³/mol. The summed E-state index contributed by atoms with van der Waals surface area (Å²) < 4.78 is 62.8. The number of benzene rings is 2. The number of nitrogens with one attached hydrogen (secondary N) is 1. The van der Waals surface area contributed by atoms with Gasteiger partial charge in [0.1, 0.15) is 6.61 Å². The molecular weight excluding hydrogens is 477 g/mol. The first-order valence-corrected chi connectivity index (χ1v) is 12.0. The van der Waals surface area contributed by atoms with Crippen LogP contribution in [0.5, 0.6) is 0 Å². The number of hydrogen-bond acceptors (Lipinski definition) is 5. The molecule has 2 aromatic rings. The molecule has 5 nitrogen and oxygen atoms in total. The monoisotopic (exact) mass is 502 g/mol. The second-order valence-electron chi connectivity index (χ2n) is 7.66. The van der Waals surface area contributed by atoms with Crippen molar-refractivity contribution in [3.05, 3.63) is 69.7 Å². The Bertz CT molecular complexity index is 1040. The fourth-order valence-corrected chi connectivity index (χ4v) is 3.99. The van der Waals surface area contributed by atoms with Crippen molar-refractivity contribution in [3.63, 3.8) is 0 Å². The highest BCUT2D eigenvalue weighted by molar-refractivity contribution is 7.60. The first kappa shape index (κ1) is 26.9. The largest absolute Gasteiger partial charge is 0.417 e. The molecule has 2 aromatic carbocycles. The first-order valence-electron chi connectivity index (χ1n) is 10.6. The molecule has 0 radical (unpaired) electrons. The summed E-state index contributed by atoms with van der Waals surface area (Å²) >= 11 is 5.91. The molecule has 10 heteroatoms. The molecule has 3 rings (SSSR count). The number of rotatable bonds is 6. The van der Waals surface area contributed by atoms with E-state index in [0.29, 0.717) is 12.3 Å². The summed E-state index contributed by atoms with van der Waals surface area (Å²) in [5.41, 5.74) is 1.70. The highest BCUT2D eigenvalue weighted by Gasteiger charge is 2.34. The lowest BCUT2D eigenvalue weighted by Gasteiger charge is -2.22. The van der Waals surface area contributed by atoms with E-state index in [4.69, 9.17) is 29.6 Å². The summed E-state index contributed by atoms with van der Waals surface area (Å²) in [6.45, 7) is 1.94. The quantitative estimate of drug-likeness (QED) is 0.331. The molecule has 180 valence electrons. The van der Waals surface area contributed by atoms with Crippen LogP contribution in [0.15, 0.2) is 47.6 Å². The molecule has 0 amide bonds. The Morgan fingerprint density at radius 3 is 2.27 bits per heavy atom. The van der Waals surface area contributed by atoms with E-state index in [9.17, 15) is 13.2 Å². The minimum Gasteiger partial charge on any atom is -0.391 e. The van der Waals surface area contributed by atoms with Crippen molar-refractivity contribution in [2.75, 3.05) is 0 Å². The lowest BCUT2D eigenvalue weighted by Crippen LogP contribution is -2.13. The van der Waals surface area contributed by atoms with Crippen molar-refractivity contribution in [2.45, 2.75) is 64.1 Å². The predicted octanol–water partition coefficient (Wildman–Crippen LogP) is 7.37. The molecule has 1 fully saturated rings. The zero-order valence-corrected chi connectivity index (χ0v) is 19.7. The van der Waals surface area contributed by atoms with Crippen LogP contribution >= 0.6 is 11.6 Å². The average Bonchev–Trinajstić information content (AvgIpc) is 2.76. The molecule has 1 aliphatic rings. The van der Waals surface area contributed by atoms with Crippen molar-refractivity contribution in [1.29, 1.82) is 4.78 Å². The van der Waals surface area contributed by atoms with Gasteiger partial charge in [-0.15, -0.1) is 0 Å². The molecule has 0 aliphatic heterocycles. The Hall–Kier alpha value is -2.39. The van der Waals surface area contributed by atoms with Crippen molar-refractivity contribution < 1.29 is 26.4 Å². The number of nitrogens with zero attached hydrogens (tertiary/aromatic N) is 1. The third-order valence-electron chi connectivity index (χ3n) is 5.40. The number of oxime groups is 1. The fraction of sp³-hybridized carbons (Fsp3) is 0.435. The van der Waals surface area contributed by atoms with Crippen LogP contribution in [0.1, 0.15) is 73.6 Å². The number of halogens is 4. The van der Waals surface area contributed by atoms with Crippen molar-refractivity contribution in [2.24, 2.45) is 5.16 Å². The molecule has 0 unspecified atom stereocenters. The van der Waals surface area contributed by atoms with Crippen LogP contribution in [0.2, 0.25) is 5.02 Å². The maximum absolute atomic E-state index is 13.3. The first-order chi connectivity index (χ1) is 15.6. The normalized spacial score (nSPS) is 14.9. The van der Waals surface area contributed by atoms with E-state index in [1.54, 1.807) is 6.92 Å². The summed E-state index contributed by atoms with van der Waals surface area (Å²) in [5.74, 6) is 0.632. The molecule has 33 heavy (non-hydrogen) atoms. The topological polar surface area (TPSA) is 79.6 Å². The van der Waals surface area contributed by atoms with E-state index >= 15 is 0 Å². The van der Waals surface area contributed by atoms with Gasteiger partial charge in [0, 0.05) is 10.6 Å². The van der Waals surface area contributed by atoms with Gasteiger partial charge in [-0.05, 0) is 54.5 Å². The van der Waals surface area contributed by atoms with Gasteiger partial charge in [-0.3, -0.25) is 0 Å². The number of hydrogen-bond donors (Lipinski definition) is 1.